The van der Waals surface area contributed by atoms with Crippen molar-refractivity contribution in [2.45, 2.75) is 12.8 Å². The van der Waals surface area contributed by atoms with Gasteiger partial charge in [-0.2, -0.15) is 0 Å². The maximum atomic E-state index is 11.4. The molecule has 1 aliphatic rings. The first-order valence-electron chi connectivity index (χ1n) is 5.68. The summed E-state index contributed by atoms with van der Waals surface area (Å²) in [6.45, 7) is 0.447. The van der Waals surface area contributed by atoms with Crippen LogP contribution in [-0.4, -0.2) is 31.4 Å². The van der Waals surface area contributed by atoms with E-state index in [2.05, 4.69) is 0 Å². The molecule has 4 heteroatoms. The lowest BCUT2D eigenvalue weighted by Crippen LogP contribution is -2.29. The Labute approximate surface area is 100 Å². The third kappa shape index (κ3) is 2.42. The number of carbonyl (C=O) groups is 1. The molecule has 1 N–H and O–H groups in total. The van der Waals surface area contributed by atoms with Crippen molar-refractivity contribution in [3.8, 4) is 5.75 Å². The lowest BCUT2D eigenvalue weighted by molar-refractivity contribution is -0.146. The van der Waals surface area contributed by atoms with Crippen molar-refractivity contribution < 1.29 is 19.4 Å². The third-order valence-electron chi connectivity index (χ3n) is 2.99. The van der Waals surface area contributed by atoms with Crippen LogP contribution in [0.25, 0.3) is 0 Å². The Morgan fingerprint density at radius 3 is 3.12 bits per heavy atom. The van der Waals surface area contributed by atoms with Gasteiger partial charge in [0.2, 0.25) is 0 Å². The molecule has 1 aromatic rings. The average molecular weight is 236 g/mol. The van der Waals surface area contributed by atoms with E-state index in [1.165, 1.54) is 7.11 Å². The van der Waals surface area contributed by atoms with Gasteiger partial charge in [0.05, 0.1) is 13.0 Å². The highest BCUT2D eigenvalue weighted by atomic mass is 16.5. The molecule has 0 fully saturated rings. The van der Waals surface area contributed by atoms with E-state index in [0.29, 0.717) is 19.4 Å². The van der Waals surface area contributed by atoms with Crippen LogP contribution in [0.1, 0.15) is 11.1 Å². The van der Waals surface area contributed by atoms with Crippen molar-refractivity contribution in [1.29, 1.82) is 0 Å². The molecule has 1 heterocycles. The number of aliphatic hydroxyl groups is 1. The van der Waals surface area contributed by atoms with Gasteiger partial charge in [-0.3, -0.25) is 4.79 Å². The largest absolute Gasteiger partial charge is 0.492 e. The molecule has 1 unspecified atom stereocenters. The fraction of sp³-hybridized carbons (Fsp3) is 0.462. The SMILES string of the molecule is COC(=O)C1COc2c(CCO)cccc2C1. The Balaban J connectivity index is 2.21. The van der Waals surface area contributed by atoms with Crippen LogP contribution in [0.5, 0.6) is 5.75 Å². The first-order chi connectivity index (χ1) is 8.26. The van der Waals surface area contributed by atoms with Crippen LogP contribution in [0.3, 0.4) is 0 Å². The van der Waals surface area contributed by atoms with Crippen LogP contribution in [0.4, 0.5) is 0 Å². The van der Waals surface area contributed by atoms with E-state index in [9.17, 15) is 4.79 Å². The number of esters is 1. The topological polar surface area (TPSA) is 55.8 Å². The third-order valence-corrected chi connectivity index (χ3v) is 2.99. The highest BCUT2D eigenvalue weighted by Gasteiger charge is 2.27. The molecule has 0 bridgehead atoms. The highest BCUT2D eigenvalue weighted by Crippen LogP contribution is 2.31. The summed E-state index contributed by atoms with van der Waals surface area (Å²) >= 11 is 0. The van der Waals surface area contributed by atoms with Gasteiger partial charge in [0.15, 0.2) is 0 Å². The molecule has 0 spiro atoms. The first kappa shape index (κ1) is 11.9. The number of methoxy groups -OCH3 is 1. The lowest BCUT2D eigenvalue weighted by Gasteiger charge is -2.25. The van der Waals surface area contributed by atoms with E-state index in [-0.39, 0.29) is 18.5 Å². The number of hydrogen-bond acceptors (Lipinski definition) is 4. The Morgan fingerprint density at radius 1 is 1.59 bits per heavy atom. The number of ether oxygens (including phenoxy) is 2. The summed E-state index contributed by atoms with van der Waals surface area (Å²) in [5.41, 5.74) is 2.01. The van der Waals surface area contributed by atoms with Crippen LogP contribution in [0.15, 0.2) is 18.2 Å². The average Bonchev–Trinajstić information content (AvgIpc) is 2.38. The Kier molecular flexibility index (Phi) is 3.64. The predicted molar refractivity (Wildman–Crippen MR) is 61.9 cm³/mol. The summed E-state index contributed by atoms with van der Waals surface area (Å²) in [4.78, 5) is 11.4. The van der Waals surface area contributed by atoms with Gasteiger partial charge in [0.25, 0.3) is 0 Å². The maximum Gasteiger partial charge on any atom is 0.312 e. The van der Waals surface area contributed by atoms with Crippen LogP contribution >= 0.6 is 0 Å². The van der Waals surface area contributed by atoms with Gasteiger partial charge >= 0.3 is 5.97 Å². The van der Waals surface area contributed by atoms with E-state index in [1.54, 1.807) is 0 Å². The molecule has 0 saturated heterocycles. The van der Waals surface area contributed by atoms with Crippen molar-refractivity contribution in [2.75, 3.05) is 20.3 Å². The van der Waals surface area contributed by atoms with Gasteiger partial charge in [-0.05, 0) is 24.0 Å². The molecule has 0 aliphatic carbocycles. The van der Waals surface area contributed by atoms with Gasteiger partial charge in [-0.1, -0.05) is 18.2 Å². The molecule has 4 nitrogen and oxygen atoms in total. The Morgan fingerprint density at radius 2 is 2.41 bits per heavy atom. The lowest BCUT2D eigenvalue weighted by atomic mass is 9.94. The van der Waals surface area contributed by atoms with Gasteiger partial charge in [0, 0.05) is 6.61 Å². The number of hydrogen-bond donors (Lipinski definition) is 1. The second-order valence-corrected chi connectivity index (χ2v) is 4.11. The van der Waals surface area contributed by atoms with Crippen LogP contribution < -0.4 is 4.74 Å². The second-order valence-electron chi connectivity index (χ2n) is 4.11. The molecule has 0 aromatic heterocycles. The minimum Gasteiger partial charge on any atom is -0.492 e. The fourth-order valence-electron chi connectivity index (χ4n) is 2.13. The number of para-hydroxylation sites is 1. The zero-order chi connectivity index (χ0) is 12.3. The highest BCUT2D eigenvalue weighted by molar-refractivity contribution is 5.73. The van der Waals surface area contributed by atoms with E-state index in [4.69, 9.17) is 14.6 Å². The minimum atomic E-state index is -0.233. The monoisotopic (exact) mass is 236 g/mol. The maximum absolute atomic E-state index is 11.4. The molecule has 1 aromatic carbocycles. The first-order valence-corrected chi connectivity index (χ1v) is 5.68. The normalized spacial score (nSPS) is 18.1. The summed E-state index contributed by atoms with van der Waals surface area (Å²) < 4.78 is 10.4. The number of carbonyl (C=O) groups excluding carboxylic acids is 1. The summed E-state index contributed by atoms with van der Waals surface area (Å²) in [6, 6.07) is 5.81. The standard InChI is InChI=1S/C13H16O4/c1-16-13(15)11-7-10-4-2-3-9(5-6-14)12(10)17-8-11/h2-4,11,14H,5-8H2,1H3. The van der Waals surface area contributed by atoms with E-state index < -0.39 is 0 Å². The van der Waals surface area contributed by atoms with Crippen LogP contribution in [0, 0.1) is 5.92 Å². The van der Waals surface area contributed by atoms with Gasteiger partial charge in [0.1, 0.15) is 12.4 Å². The molecule has 0 radical (unpaired) electrons. The number of fused-ring (bicyclic) bond motifs is 1. The molecule has 17 heavy (non-hydrogen) atoms. The summed E-state index contributed by atoms with van der Waals surface area (Å²) in [5.74, 6) is 0.363. The van der Waals surface area contributed by atoms with Crippen molar-refractivity contribution in [1.82, 2.24) is 0 Å². The molecule has 0 saturated carbocycles. The minimum absolute atomic E-state index is 0.0975. The number of benzene rings is 1. The number of aliphatic hydroxyl groups excluding tert-OH is 1. The Bertz CT molecular complexity index is 414. The quantitative estimate of drug-likeness (QED) is 0.794. The molecular weight excluding hydrogens is 220 g/mol. The molecule has 92 valence electrons. The molecule has 2 rings (SSSR count). The van der Waals surface area contributed by atoms with E-state index in [0.717, 1.165) is 16.9 Å². The van der Waals surface area contributed by atoms with Crippen LogP contribution in [0.2, 0.25) is 0 Å². The molecule has 1 atom stereocenters. The summed E-state index contributed by atoms with van der Waals surface area (Å²) in [5, 5.41) is 8.97. The number of rotatable bonds is 3. The fourth-order valence-corrected chi connectivity index (χ4v) is 2.13. The summed E-state index contributed by atoms with van der Waals surface area (Å²) in [7, 11) is 1.39. The van der Waals surface area contributed by atoms with Crippen LogP contribution in [-0.2, 0) is 22.4 Å². The van der Waals surface area contributed by atoms with E-state index >= 15 is 0 Å². The predicted octanol–water partition coefficient (Wildman–Crippen LogP) is 0.945. The zero-order valence-electron chi connectivity index (χ0n) is 9.81. The second kappa shape index (κ2) is 5.19. The van der Waals surface area contributed by atoms with Crippen molar-refractivity contribution in [3.63, 3.8) is 0 Å². The molecule has 1 aliphatic heterocycles. The van der Waals surface area contributed by atoms with Gasteiger partial charge in [-0.15, -0.1) is 0 Å². The molecular formula is C13H16O4. The van der Waals surface area contributed by atoms with E-state index in [1.807, 2.05) is 18.2 Å². The summed E-state index contributed by atoms with van der Waals surface area (Å²) in [6.07, 6.45) is 1.22. The van der Waals surface area contributed by atoms with Gasteiger partial charge in [-0.25, -0.2) is 0 Å². The smallest absolute Gasteiger partial charge is 0.312 e. The van der Waals surface area contributed by atoms with Gasteiger partial charge < -0.3 is 14.6 Å². The van der Waals surface area contributed by atoms with Crippen molar-refractivity contribution >= 4 is 5.97 Å². The molecule has 0 amide bonds. The zero-order valence-corrected chi connectivity index (χ0v) is 9.81. The van der Waals surface area contributed by atoms with Crippen molar-refractivity contribution in [3.05, 3.63) is 29.3 Å². The Hall–Kier alpha value is -1.55. The van der Waals surface area contributed by atoms with Crippen molar-refractivity contribution in [2.24, 2.45) is 5.92 Å².